The summed E-state index contributed by atoms with van der Waals surface area (Å²) >= 11 is 4.87. The molecule has 0 radical (unpaired) electrons. The summed E-state index contributed by atoms with van der Waals surface area (Å²) in [5.41, 5.74) is 24.6. The van der Waals surface area contributed by atoms with Gasteiger partial charge in [-0.05, 0) is 282 Å². The largest absolute Gasteiger partial charge is 0.488 e. The quantitative estimate of drug-likeness (QED) is 0.0686. The highest BCUT2D eigenvalue weighted by molar-refractivity contribution is 14.1. The van der Waals surface area contributed by atoms with Crippen molar-refractivity contribution in [1.82, 2.24) is 0 Å². The molecule has 0 fully saturated rings. The highest BCUT2D eigenvalue weighted by Crippen LogP contribution is 2.41. The molecule has 0 aliphatic carbocycles. The van der Waals surface area contributed by atoms with E-state index in [4.69, 9.17) is 0 Å². The van der Waals surface area contributed by atoms with Gasteiger partial charge in [-0.3, -0.25) is 0 Å². The molecule has 2 aliphatic heterocycles. The van der Waals surface area contributed by atoms with Gasteiger partial charge in [0.1, 0.15) is 0 Å². The lowest BCUT2D eigenvalue weighted by Crippen LogP contribution is -2.72. The van der Waals surface area contributed by atoms with Crippen molar-refractivity contribution in [3.05, 3.63) is 445 Å². The number of hydrogen-bond acceptors (Lipinski definition) is 2. The number of fused-ring (bicyclic) bond motifs is 6. The minimum Gasteiger partial charge on any atom is -0.423 e. The molecule has 0 unspecified atom stereocenters. The minimum atomic E-state index is -2.73. The Bertz CT molecular complexity index is 5580. The van der Waals surface area contributed by atoms with Gasteiger partial charge in [0.2, 0.25) is 0 Å². The van der Waals surface area contributed by atoms with E-state index < -0.39 is 23.3 Å². The van der Waals surface area contributed by atoms with Crippen molar-refractivity contribution < 1.29 is 10.0 Å². The van der Waals surface area contributed by atoms with E-state index in [1.807, 2.05) is 72.8 Å². The standard InChI is InChI=1S/C60H42Si.C24H16I2Si.C18H15BO2.CH3/c1-7-19-43(20-8-1)49-35-50(44-21-9-2-10-22-44)38-53(37-49)47-31-33-59-57(41-47)58-42-48(32-34-60(58)61(59,55-27-15-5-16-28-55)56-29-17-6-18-30-56)54-39-51(45-23-11-3-12-24-45)36-52(40-54)46-25-13-4-14-26-46;25-17-11-13-23-21(15-17)22-16-18(26)12-14-24(22)27(23,19-7-3-1-4-8-19)20-9-5-2-6-10-20;20-19(21)18-12-16(14-7-3-1-4-8-14)11-17(13-18)15-9-5-2-6-10-15;/h1-42H;1-16H;1-13,20-21H;1H3/q;;;-1. The lowest BCUT2D eigenvalue weighted by atomic mass is 9.77. The van der Waals surface area contributed by atoms with E-state index in [2.05, 4.69) is 403 Å². The zero-order valence-electron chi connectivity index (χ0n) is 60.7. The normalized spacial score (nSPS) is 12.3. The molecule has 0 saturated heterocycles. The zero-order valence-corrected chi connectivity index (χ0v) is 67.0. The average molecular weight is 1670 g/mol. The monoisotopic (exact) mass is 1670 g/mol. The van der Waals surface area contributed by atoms with Crippen LogP contribution in [0.3, 0.4) is 0 Å². The zero-order chi connectivity index (χ0) is 73.7. The van der Waals surface area contributed by atoms with Crippen LogP contribution >= 0.6 is 45.2 Å². The Morgan fingerprint density at radius 2 is 0.373 bits per heavy atom. The van der Waals surface area contributed by atoms with Crippen LogP contribution in [0, 0.1) is 14.6 Å². The molecule has 0 aromatic heterocycles. The van der Waals surface area contributed by atoms with Crippen LogP contribution in [0.15, 0.2) is 431 Å². The molecular formula is C103H76BI2O2Si2-. The summed E-state index contributed by atoms with van der Waals surface area (Å²) in [4.78, 5) is 0. The summed E-state index contributed by atoms with van der Waals surface area (Å²) in [6.45, 7) is 0. The fourth-order valence-electron chi connectivity index (χ4n) is 16.5. The van der Waals surface area contributed by atoms with Gasteiger partial charge in [0.05, 0.1) is 0 Å². The SMILES string of the molecule is Ic1ccc2c(c1)-c1cc(I)ccc1[Si]2(c1ccccc1)c1ccccc1.OB(O)c1cc(-c2ccccc2)cc(-c2ccccc2)c1.[CH3-].c1ccc(-c2cc(-c3ccccc3)cc(-c3ccc4c(c3)-c3cc(-c5cc(-c6ccccc6)cc(-c6ccccc6)c5)ccc3[Si]4(c3ccccc3)c3ccccc3)c2)cc1. The molecule has 0 bridgehead atoms. The third kappa shape index (κ3) is 14.3. The van der Waals surface area contributed by atoms with Gasteiger partial charge in [0, 0.05) is 7.14 Å². The third-order valence-electron chi connectivity index (χ3n) is 21.5. The Morgan fingerprint density at radius 3 is 0.600 bits per heavy atom. The Kier molecular flexibility index (Phi) is 21.5. The Balaban J connectivity index is 0.000000153. The van der Waals surface area contributed by atoms with Gasteiger partial charge in [0.25, 0.3) is 0 Å². The lowest BCUT2D eigenvalue weighted by molar-refractivity contribution is 0.426. The molecule has 2 heterocycles. The summed E-state index contributed by atoms with van der Waals surface area (Å²) in [5.74, 6) is 0. The van der Waals surface area contributed by atoms with Crippen molar-refractivity contribution >= 4 is 115 Å². The van der Waals surface area contributed by atoms with E-state index in [9.17, 15) is 10.0 Å². The van der Waals surface area contributed by atoms with E-state index in [1.165, 1.54) is 138 Å². The van der Waals surface area contributed by atoms with Gasteiger partial charge < -0.3 is 17.5 Å². The van der Waals surface area contributed by atoms with Gasteiger partial charge >= 0.3 is 7.12 Å². The summed E-state index contributed by atoms with van der Waals surface area (Å²) in [6, 6.07) is 156. The van der Waals surface area contributed by atoms with Gasteiger partial charge in [-0.15, -0.1) is 0 Å². The summed E-state index contributed by atoms with van der Waals surface area (Å²) in [7, 11) is -6.48. The van der Waals surface area contributed by atoms with E-state index in [1.54, 1.807) is 0 Å². The predicted molar refractivity (Wildman–Crippen MR) is 490 cm³/mol. The molecule has 17 aromatic carbocycles. The maximum Gasteiger partial charge on any atom is 0.488 e. The van der Waals surface area contributed by atoms with E-state index in [-0.39, 0.29) is 7.43 Å². The van der Waals surface area contributed by atoms with Crippen LogP contribution in [0.4, 0.5) is 0 Å². The van der Waals surface area contributed by atoms with Crippen molar-refractivity contribution in [3.8, 4) is 111 Å². The van der Waals surface area contributed by atoms with Crippen molar-refractivity contribution in [2.24, 2.45) is 0 Å². The first-order valence-electron chi connectivity index (χ1n) is 36.9. The molecule has 110 heavy (non-hydrogen) atoms. The second kappa shape index (κ2) is 32.4. The third-order valence-corrected chi connectivity index (χ3v) is 32.6. The second-order valence-electron chi connectivity index (χ2n) is 27.9. The highest BCUT2D eigenvalue weighted by atomic mass is 127. The molecule has 19 rings (SSSR count). The molecule has 0 amide bonds. The van der Waals surface area contributed by atoms with E-state index >= 15 is 0 Å². The first-order chi connectivity index (χ1) is 53.7. The molecular weight excluding hydrogens is 1590 g/mol. The Hall–Kier alpha value is -11.4. The number of benzene rings is 17. The average Bonchev–Trinajstić information content (AvgIpc) is 1.54. The van der Waals surface area contributed by atoms with Gasteiger partial charge in [0.15, 0.2) is 16.1 Å². The fraction of sp³-hybridized carbons (Fsp3) is 0. The molecule has 0 saturated carbocycles. The maximum atomic E-state index is 9.52. The molecule has 526 valence electrons. The molecule has 17 aromatic rings. The van der Waals surface area contributed by atoms with Gasteiger partial charge in [-0.2, -0.15) is 0 Å². The lowest BCUT2D eigenvalue weighted by Gasteiger charge is -2.31. The van der Waals surface area contributed by atoms with E-state index in [0.29, 0.717) is 5.46 Å². The van der Waals surface area contributed by atoms with E-state index in [0.717, 1.165) is 22.3 Å². The van der Waals surface area contributed by atoms with Crippen LogP contribution in [0.2, 0.25) is 0 Å². The molecule has 2 nitrogen and oxygen atoms in total. The molecule has 0 spiro atoms. The van der Waals surface area contributed by atoms with Crippen molar-refractivity contribution in [2.45, 2.75) is 0 Å². The highest BCUT2D eigenvalue weighted by Gasteiger charge is 2.50. The second-order valence-corrected chi connectivity index (χ2v) is 37.8. The Morgan fingerprint density at radius 1 is 0.182 bits per heavy atom. The smallest absolute Gasteiger partial charge is 0.423 e. The topological polar surface area (TPSA) is 40.5 Å². The summed E-state index contributed by atoms with van der Waals surface area (Å²) in [6.07, 6.45) is 0. The summed E-state index contributed by atoms with van der Waals surface area (Å²) < 4.78 is 2.59. The first-order valence-corrected chi connectivity index (χ1v) is 43.1. The number of halogens is 2. The number of rotatable bonds is 13. The van der Waals surface area contributed by atoms with Crippen LogP contribution in [0.1, 0.15) is 0 Å². The molecule has 2 N–H and O–H groups in total. The molecule has 0 atom stereocenters. The van der Waals surface area contributed by atoms with Crippen LogP contribution in [0.5, 0.6) is 0 Å². The van der Waals surface area contributed by atoms with Crippen molar-refractivity contribution in [2.75, 3.05) is 0 Å². The van der Waals surface area contributed by atoms with Crippen molar-refractivity contribution in [1.29, 1.82) is 0 Å². The summed E-state index contributed by atoms with van der Waals surface area (Å²) in [5, 5.41) is 30.7. The fourth-order valence-corrected chi connectivity index (χ4v) is 27.7. The van der Waals surface area contributed by atoms with Gasteiger partial charge in [-0.1, -0.05) is 352 Å². The molecule has 7 heteroatoms. The first kappa shape index (κ1) is 72.8. The van der Waals surface area contributed by atoms with Crippen LogP contribution in [-0.2, 0) is 0 Å². The predicted octanol–water partition coefficient (Wildman–Crippen LogP) is 20.5. The molecule has 2 aliphatic rings. The van der Waals surface area contributed by atoms with Crippen molar-refractivity contribution in [3.63, 3.8) is 0 Å². The maximum absolute atomic E-state index is 9.52. The van der Waals surface area contributed by atoms with Crippen LogP contribution in [0.25, 0.3) is 111 Å². The minimum absolute atomic E-state index is 0. The Labute approximate surface area is 675 Å². The van der Waals surface area contributed by atoms with Crippen LogP contribution < -0.4 is 47.0 Å². The number of hydrogen-bond donors (Lipinski definition) is 2. The van der Waals surface area contributed by atoms with Gasteiger partial charge in [-0.25, -0.2) is 0 Å². The van der Waals surface area contributed by atoms with Crippen LogP contribution in [-0.4, -0.2) is 33.3 Å².